The highest BCUT2D eigenvalue weighted by Crippen LogP contribution is 2.25. The van der Waals surface area contributed by atoms with E-state index in [4.69, 9.17) is 4.42 Å². The average molecular weight is 388 g/mol. The molecule has 1 aliphatic heterocycles. The minimum Gasteiger partial charge on any atom is -0.459 e. The number of nitrogens with zero attached hydrogens (tertiary/aromatic N) is 1. The zero-order chi connectivity index (χ0) is 20.1. The molecular weight excluding hydrogens is 364 g/mol. The Hall–Kier alpha value is -3.34. The Labute approximate surface area is 170 Å². The molecule has 29 heavy (non-hydrogen) atoms. The van der Waals surface area contributed by atoms with Crippen LogP contribution in [0.4, 0.5) is 0 Å². The van der Waals surface area contributed by atoms with Gasteiger partial charge in [-0.15, -0.1) is 0 Å². The van der Waals surface area contributed by atoms with E-state index in [9.17, 15) is 9.59 Å². The Kier molecular flexibility index (Phi) is 5.75. The molecule has 4 rings (SSSR count). The summed E-state index contributed by atoms with van der Waals surface area (Å²) >= 11 is 0. The number of benzene rings is 2. The first-order chi connectivity index (χ1) is 14.2. The zero-order valence-corrected chi connectivity index (χ0v) is 16.2. The summed E-state index contributed by atoms with van der Waals surface area (Å²) in [5.41, 5.74) is 3.43. The van der Waals surface area contributed by atoms with Gasteiger partial charge >= 0.3 is 0 Å². The lowest BCUT2D eigenvalue weighted by Crippen LogP contribution is -2.52. The van der Waals surface area contributed by atoms with Gasteiger partial charge in [0.2, 0.25) is 5.91 Å². The van der Waals surface area contributed by atoms with Crippen LogP contribution in [0.2, 0.25) is 0 Å². The fourth-order valence-electron chi connectivity index (χ4n) is 3.78. The molecule has 0 bridgehead atoms. The Morgan fingerprint density at radius 2 is 1.72 bits per heavy atom. The van der Waals surface area contributed by atoms with Crippen LogP contribution in [0.1, 0.15) is 33.7 Å². The first kappa shape index (κ1) is 19.0. The number of aryl methyl sites for hydroxylation is 1. The maximum absolute atomic E-state index is 13.0. The van der Waals surface area contributed by atoms with Crippen molar-refractivity contribution in [2.24, 2.45) is 0 Å². The average Bonchev–Trinajstić information content (AvgIpc) is 3.31. The molecule has 0 fully saturated rings. The normalized spacial score (nSPS) is 15.6. The third-order valence-electron chi connectivity index (χ3n) is 5.33. The zero-order valence-electron chi connectivity index (χ0n) is 16.2. The van der Waals surface area contributed by atoms with Gasteiger partial charge in [-0.05, 0) is 41.7 Å². The summed E-state index contributed by atoms with van der Waals surface area (Å²) in [6, 6.07) is 20.9. The van der Waals surface area contributed by atoms with Crippen LogP contribution >= 0.6 is 0 Å². The predicted molar refractivity (Wildman–Crippen MR) is 110 cm³/mol. The van der Waals surface area contributed by atoms with E-state index in [1.54, 1.807) is 17.0 Å². The van der Waals surface area contributed by atoms with Crippen molar-refractivity contribution in [1.82, 2.24) is 10.2 Å². The van der Waals surface area contributed by atoms with Gasteiger partial charge in [-0.3, -0.25) is 9.59 Å². The fraction of sp³-hybridized carbons (Fsp3) is 0.250. The number of furan rings is 1. The number of carbonyl (C=O) groups excluding carboxylic acids is 2. The lowest BCUT2D eigenvalue weighted by molar-refractivity contribution is -0.126. The first-order valence-corrected chi connectivity index (χ1v) is 9.95. The third-order valence-corrected chi connectivity index (χ3v) is 5.33. The largest absolute Gasteiger partial charge is 0.459 e. The van der Waals surface area contributed by atoms with E-state index >= 15 is 0 Å². The van der Waals surface area contributed by atoms with Crippen molar-refractivity contribution < 1.29 is 14.0 Å². The molecule has 1 N–H and O–H groups in total. The minimum atomic E-state index is -0.542. The molecule has 5 heteroatoms. The van der Waals surface area contributed by atoms with E-state index in [1.165, 1.54) is 11.8 Å². The molecule has 0 radical (unpaired) electrons. The van der Waals surface area contributed by atoms with E-state index < -0.39 is 6.04 Å². The summed E-state index contributed by atoms with van der Waals surface area (Å²) < 4.78 is 5.29. The molecule has 1 aromatic heterocycles. The highest BCUT2D eigenvalue weighted by molar-refractivity contribution is 5.96. The van der Waals surface area contributed by atoms with Gasteiger partial charge in [0.05, 0.1) is 6.26 Å². The van der Waals surface area contributed by atoms with Crippen LogP contribution in [-0.2, 0) is 24.2 Å². The van der Waals surface area contributed by atoms with Crippen molar-refractivity contribution >= 4 is 11.8 Å². The van der Waals surface area contributed by atoms with Gasteiger partial charge in [0.1, 0.15) is 6.04 Å². The van der Waals surface area contributed by atoms with Crippen molar-refractivity contribution in [3.63, 3.8) is 0 Å². The van der Waals surface area contributed by atoms with Crippen LogP contribution in [0.15, 0.2) is 77.4 Å². The first-order valence-electron chi connectivity index (χ1n) is 9.95. The van der Waals surface area contributed by atoms with Gasteiger partial charge in [0.15, 0.2) is 5.76 Å². The molecule has 1 aliphatic rings. The second kappa shape index (κ2) is 8.78. The highest BCUT2D eigenvalue weighted by Gasteiger charge is 2.35. The molecule has 0 unspecified atom stereocenters. The maximum atomic E-state index is 13.0. The van der Waals surface area contributed by atoms with Crippen molar-refractivity contribution in [3.8, 4) is 0 Å². The molecule has 2 amide bonds. The molecule has 1 atom stereocenters. The van der Waals surface area contributed by atoms with E-state index in [2.05, 4.69) is 17.4 Å². The lowest BCUT2D eigenvalue weighted by atomic mass is 9.93. The summed E-state index contributed by atoms with van der Waals surface area (Å²) in [5.74, 6) is -0.118. The van der Waals surface area contributed by atoms with Crippen LogP contribution in [0.3, 0.4) is 0 Å². The number of amides is 2. The second-order valence-corrected chi connectivity index (χ2v) is 7.28. The van der Waals surface area contributed by atoms with E-state index in [0.717, 1.165) is 24.0 Å². The standard InChI is InChI=1S/C24H24N2O3/c27-23(25-14-6-10-18-8-2-1-3-9-18)21-16-19-11-4-5-12-20(19)17-26(21)24(28)22-13-7-15-29-22/h1-5,7-9,11-13,15,21H,6,10,14,16-17H2,(H,25,27)/t21-/m1/s1. The van der Waals surface area contributed by atoms with Gasteiger partial charge in [0, 0.05) is 19.5 Å². The van der Waals surface area contributed by atoms with Crippen LogP contribution in [0.5, 0.6) is 0 Å². The van der Waals surface area contributed by atoms with E-state index in [-0.39, 0.29) is 17.6 Å². The number of carbonyl (C=O) groups is 2. The molecule has 148 valence electrons. The minimum absolute atomic E-state index is 0.118. The smallest absolute Gasteiger partial charge is 0.290 e. The molecule has 0 saturated heterocycles. The number of rotatable bonds is 6. The molecule has 0 aliphatic carbocycles. The highest BCUT2D eigenvalue weighted by atomic mass is 16.3. The summed E-state index contributed by atoms with van der Waals surface area (Å²) in [6.45, 7) is 0.979. The Bertz CT molecular complexity index is 967. The fourth-order valence-corrected chi connectivity index (χ4v) is 3.78. The van der Waals surface area contributed by atoms with Crippen LogP contribution < -0.4 is 5.32 Å². The molecule has 0 saturated carbocycles. The van der Waals surface area contributed by atoms with Gasteiger partial charge < -0.3 is 14.6 Å². The van der Waals surface area contributed by atoms with E-state index in [0.29, 0.717) is 19.5 Å². The quantitative estimate of drug-likeness (QED) is 0.657. The van der Waals surface area contributed by atoms with Crippen LogP contribution in [-0.4, -0.2) is 29.3 Å². The monoisotopic (exact) mass is 388 g/mol. The van der Waals surface area contributed by atoms with Crippen molar-refractivity contribution in [1.29, 1.82) is 0 Å². The number of hydrogen-bond donors (Lipinski definition) is 1. The molecule has 5 nitrogen and oxygen atoms in total. The van der Waals surface area contributed by atoms with Crippen molar-refractivity contribution in [3.05, 3.63) is 95.4 Å². The van der Waals surface area contributed by atoms with Crippen molar-refractivity contribution in [2.45, 2.75) is 31.8 Å². The third kappa shape index (κ3) is 4.40. The summed E-state index contributed by atoms with van der Waals surface area (Å²) in [7, 11) is 0. The van der Waals surface area contributed by atoms with Gasteiger partial charge in [-0.1, -0.05) is 54.6 Å². The van der Waals surface area contributed by atoms with E-state index in [1.807, 2.05) is 42.5 Å². The Balaban J connectivity index is 1.43. The van der Waals surface area contributed by atoms with Crippen LogP contribution in [0.25, 0.3) is 0 Å². The second-order valence-electron chi connectivity index (χ2n) is 7.28. The Morgan fingerprint density at radius 3 is 2.48 bits per heavy atom. The number of fused-ring (bicyclic) bond motifs is 1. The van der Waals surface area contributed by atoms with Gasteiger partial charge in [-0.25, -0.2) is 0 Å². The Morgan fingerprint density at radius 1 is 0.966 bits per heavy atom. The summed E-state index contributed by atoms with van der Waals surface area (Å²) in [6.07, 6.45) is 3.74. The topological polar surface area (TPSA) is 62.6 Å². The maximum Gasteiger partial charge on any atom is 0.290 e. The summed E-state index contributed by atoms with van der Waals surface area (Å²) in [4.78, 5) is 27.5. The van der Waals surface area contributed by atoms with Crippen LogP contribution in [0, 0.1) is 0 Å². The lowest BCUT2D eigenvalue weighted by Gasteiger charge is -2.35. The predicted octanol–water partition coefficient (Wildman–Crippen LogP) is 3.60. The molecule has 2 heterocycles. The molecule has 0 spiro atoms. The number of hydrogen-bond acceptors (Lipinski definition) is 3. The van der Waals surface area contributed by atoms with Gasteiger partial charge in [-0.2, -0.15) is 0 Å². The van der Waals surface area contributed by atoms with Crippen molar-refractivity contribution in [2.75, 3.05) is 6.54 Å². The SMILES string of the molecule is O=C(NCCCc1ccccc1)[C@H]1Cc2ccccc2CN1C(=O)c1ccco1. The molecule has 3 aromatic rings. The number of nitrogens with one attached hydrogen (secondary N) is 1. The molecular formula is C24H24N2O3. The van der Waals surface area contributed by atoms with Gasteiger partial charge in [0.25, 0.3) is 5.91 Å². The summed E-state index contributed by atoms with van der Waals surface area (Å²) in [5, 5.41) is 3.02. The molecule has 2 aromatic carbocycles.